The lowest BCUT2D eigenvalue weighted by Gasteiger charge is -2.23. The predicted molar refractivity (Wildman–Crippen MR) is 181 cm³/mol. The topological polar surface area (TPSA) is 48.3 Å². The van der Waals surface area contributed by atoms with Gasteiger partial charge in [0, 0.05) is 68.8 Å². The summed E-state index contributed by atoms with van der Waals surface area (Å²) in [7, 11) is 0. The minimum Gasteiger partial charge on any atom is -0.456 e. The molecule has 4 heterocycles. The highest BCUT2D eigenvalue weighted by Crippen LogP contribution is 2.48. The van der Waals surface area contributed by atoms with E-state index in [0.29, 0.717) is 0 Å². The van der Waals surface area contributed by atoms with Crippen molar-refractivity contribution in [3.8, 4) is 50.9 Å². The Labute approximate surface area is 260 Å². The number of rotatable bonds is 2. The van der Waals surface area contributed by atoms with Gasteiger partial charge in [0.1, 0.15) is 23.0 Å². The minimum atomic E-state index is 0.740. The number of nitrogens with zero attached hydrogens (tertiary/aromatic N) is 2. The van der Waals surface area contributed by atoms with Gasteiger partial charge in [-0.05, 0) is 54.6 Å². The third kappa shape index (κ3) is 4.20. The first-order valence-electron chi connectivity index (χ1n) is 15.1. The van der Waals surface area contributed by atoms with Crippen LogP contribution in [0.25, 0.3) is 55.4 Å². The Kier molecular flexibility index (Phi) is 5.81. The van der Waals surface area contributed by atoms with E-state index in [0.717, 1.165) is 85.2 Å². The molecule has 214 valence electrons. The summed E-state index contributed by atoms with van der Waals surface area (Å²) in [5.41, 5.74) is 9.10. The van der Waals surface area contributed by atoms with Crippen molar-refractivity contribution in [2.75, 3.05) is 6.54 Å². The Morgan fingerprint density at radius 1 is 0.600 bits per heavy atom. The van der Waals surface area contributed by atoms with Crippen LogP contribution in [0.15, 0.2) is 146 Å². The maximum atomic E-state index is 6.92. The van der Waals surface area contributed by atoms with Crippen molar-refractivity contribution < 1.29 is 9.47 Å². The quantitative estimate of drug-likeness (QED) is 0.221. The molecule has 5 nitrogen and oxygen atoms in total. The van der Waals surface area contributed by atoms with Crippen LogP contribution in [-0.4, -0.2) is 16.1 Å². The van der Waals surface area contributed by atoms with E-state index in [-0.39, 0.29) is 0 Å². The first-order chi connectivity index (χ1) is 22.3. The second-order valence-corrected chi connectivity index (χ2v) is 11.2. The van der Waals surface area contributed by atoms with E-state index in [4.69, 9.17) is 9.47 Å². The average molecular weight is 582 g/mol. The molecule has 0 saturated heterocycles. The van der Waals surface area contributed by atoms with Crippen molar-refractivity contribution in [3.05, 3.63) is 151 Å². The van der Waals surface area contributed by atoms with Gasteiger partial charge in [0.05, 0.1) is 17.2 Å². The molecule has 0 unspecified atom stereocenters. The Hall–Kier alpha value is -6.07. The number of dihydropyridines is 1. The van der Waals surface area contributed by atoms with Crippen LogP contribution in [0.4, 0.5) is 0 Å². The van der Waals surface area contributed by atoms with Crippen molar-refractivity contribution in [2.24, 2.45) is 0 Å². The Balaban J connectivity index is 1.30. The highest BCUT2D eigenvalue weighted by Gasteiger charge is 2.22. The fourth-order valence-corrected chi connectivity index (χ4v) is 6.50. The minimum absolute atomic E-state index is 0.740. The third-order valence-corrected chi connectivity index (χ3v) is 8.60. The van der Waals surface area contributed by atoms with Gasteiger partial charge in [0.2, 0.25) is 0 Å². The van der Waals surface area contributed by atoms with E-state index < -0.39 is 0 Å². The summed E-state index contributed by atoms with van der Waals surface area (Å²) < 4.78 is 16.0. The highest BCUT2D eigenvalue weighted by molar-refractivity contribution is 6.09. The van der Waals surface area contributed by atoms with Gasteiger partial charge >= 0.3 is 0 Å². The maximum Gasteiger partial charge on any atom is 0.137 e. The summed E-state index contributed by atoms with van der Waals surface area (Å²) in [5.74, 6) is 3.04. The molecule has 0 amide bonds. The number of benzene rings is 5. The van der Waals surface area contributed by atoms with Gasteiger partial charge in [0.15, 0.2) is 0 Å². The molecule has 1 N–H and O–H groups in total. The number of para-hydroxylation sites is 3. The zero-order valence-corrected chi connectivity index (χ0v) is 24.3. The van der Waals surface area contributed by atoms with Gasteiger partial charge in [-0.1, -0.05) is 72.8 Å². The molecule has 0 aliphatic carbocycles. The van der Waals surface area contributed by atoms with Gasteiger partial charge < -0.3 is 19.4 Å². The van der Waals surface area contributed by atoms with Crippen LogP contribution in [0, 0.1) is 0 Å². The van der Waals surface area contributed by atoms with Crippen LogP contribution in [0.1, 0.15) is 5.56 Å². The van der Waals surface area contributed by atoms with Gasteiger partial charge in [-0.2, -0.15) is 0 Å². The van der Waals surface area contributed by atoms with Crippen LogP contribution in [0.5, 0.6) is 23.0 Å². The predicted octanol–water partition coefficient (Wildman–Crippen LogP) is 9.91. The molecule has 0 fully saturated rings. The summed E-state index contributed by atoms with van der Waals surface area (Å²) in [4.78, 5) is 4.48. The van der Waals surface area contributed by atoms with Gasteiger partial charge in [-0.25, -0.2) is 0 Å². The van der Waals surface area contributed by atoms with Crippen LogP contribution in [-0.2, 0) is 0 Å². The average Bonchev–Trinajstić information content (AvgIpc) is 3.44. The summed E-state index contributed by atoms with van der Waals surface area (Å²) in [6, 6.07) is 39.7. The molecule has 2 aromatic heterocycles. The fraction of sp³-hybridized carbons (Fsp3) is 0.0250. The molecular weight excluding hydrogens is 554 g/mol. The molecule has 0 spiro atoms. The summed E-state index contributed by atoms with van der Waals surface area (Å²) >= 11 is 0. The van der Waals surface area contributed by atoms with E-state index in [1.54, 1.807) is 0 Å². The standard InChI is InChI=1S/C40H27N3O2/c1-4-13-35-28(9-1)29-20-22-41-25-36(29)43(35)27-17-19-33-32-18-16-26(34-12-7-8-21-42-34)23-39(32)44-37-14-5-2-10-30(37)31-11-3-6-15-38(31)45-40(33)24-27/h1-20,22-25,42H,21H2. The van der Waals surface area contributed by atoms with Crippen LogP contribution in [0.3, 0.4) is 0 Å². The van der Waals surface area contributed by atoms with Gasteiger partial charge in [0.25, 0.3) is 0 Å². The van der Waals surface area contributed by atoms with Crippen LogP contribution in [0.2, 0.25) is 0 Å². The Morgan fingerprint density at radius 2 is 1.27 bits per heavy atom. The van der Waals surface area contributed by atoms with Crippen molar-refractivity contribution in [1.82, 2.24) is 14.9 Å². The van der Waals surface area contributed by atoms with E-state index >= 15 is 0 Å². The molecule has 2 aliphatic heterocycles. The van der Waals surface area contributed by atoms with Crippen molar-refractivity contribution >= 4 is 27.5 Å². The monoisotopic (exact) mass is 581 g/mol. The number of pyridine rings is 1. The number of aromatic nitrogens is 2. The van der Waals surface area contributed by atoms with Gasteiger partial charge in [-0.15, -0.1) is 0 Å². The highest BCUT2D eigenvalue weighted by atomic mass is 16.5. The zero-order chi connectivity index (χ0) is 29.7. The van der Waals surface area contributed by atoms with Crippen LogP contribution < -0.4 is 14.8 Å². The summed E-state index contributed by atoms with van der Waals surface area (Å²) in [6.07, 6.45) is 10.1. The lowest BCUT2D eigenvalue weighted by atomic mass is 9.98. The second kappa shape index (κ2) is 10.3. The summed E-state index contributed by atoms with van der Waals surface area (Å²) in [6.45, 7) is 0.793. The molecular formula is C40H27N3O2. The first-order valence-corrected chi connectivity index (χ1v) is 15.1. The Morgan fingerprint density at radius 3 is 2.04 bits per heavy atom. The van der Waals surface area contributed by atoms with E-state index in [1.807, 2.05) is 48.8 Å². The molecule has 45 heavy (non-hydrogen) atoms. The normalized spacial score (nSPS) is 13.4. The van der Waals surface area contributed by atoms with Crippen molar-refractivity contribution in [2.45, 2.75) is 0 Å². The Bertz CT molecular complexity index is 2290. The number of nitrogens with one attached hydrogen (secondary N) is 1. The second-order valence-electron chi connectivity index (χ2n) is 11.2. The van der Waals surface area contributed by atoms with Crippen molar-refractivity contribution in [1.29, 1.82) is 0 Å². The fourth-order valence-electron chi connectivity index (χ4n) is 6.50. The smallest absolute Gasteiger partial charge is 0.137 e. The molecule has 9 rings (SSSR count). The SMILES string of the molecule is C1=CCNC(c2ccc3c(c2)Oc2ccccc2-c2ccccc2Oc2cc(-n4c5ccccc5c5ccncc54)ccc2-3)=C1. The summed E-state index contributed by atoms with van der Waals surface area (Å²) in [5, 5.41) is 5.83. The number of allylic oxidation sites excluding steroid dienone is 2. The molecule has 2 aliphatic rings. The third-order valence-electron chi connectivity index (χ3n) is 8.60. The number of hydrogen-bond acceptors (Lipinski definition) is 4. The molecule has 0 atom stereocenters. The lowest BCUT2D eigenvalue weighted by Crippen LogP contribution is -2.14. The molecule has 5 heteroatoms. The lowest BCUT2D eigenvalue weighted by molar-refractivity contribution is 0.472. The van der Waals surface area contributed by atoms with Gasteiger partial charge in [-0.3, -0.25) is 4.98 Å². The van der Waals surface area contributed by atoms with E-state index in [9.17, 15) is 0 Å². The number of hydrogen-bond donors (Lipinski definition) is 1. The molecule has 5 aromatic carbocycles. The first kappa shape index (κ1) is 25.4. The molecule has 0 radical (unpaired) electrons. The number of fused-ring (bicyclic) bond motifs is 9. The molecule has 0 saturated carbocycles. The number of ether oxygens (including phenoxy) is 2. The zero-order valence-electron chi connectivity index (χ0n) is 24.3. The van der Waals surface area contributed by atoms with Crippen LogP contribution >= 0.6 is 0 Å². The maximum absolute atomic E-state index is 6.92. The van der Waals surface area contributed by atoms with E-state index in [1.165, 1.54) is 5.39 Å². The van der Waals surface area contributed by atoms with Crippen molar-refractivity contribution in [3.63, 3.8) is 0 Å². The molecule has 7 aromatic rings. The molecule has 0 bridgehead atoms. The largest absolute Gasteiger partial charge is 0.456 e. The van der Waals surface area contributed by atoms with E-state index in [2.05, 4.69) is 112 Å².